The van der Waals surface area contributed by atoms with Gasteiger partial charge in [0.25, 0.3) is 5.91 Å². The smallest absolute Gasteiger partial charge is 0.291 e. The molecule has 146 valence electrons. The van der Waals surface area contributed by atoms with Gasteiger partial charge in [0.15, 0.2) is 23.1 Å². The van der Waals surface area contributed by atoms with Crippen LogP contribution in [0.2, 0.25) is 10.0 Å². The van der Waals surface area contributed by atoms with Crippen molar-refractivity contribution in [1.29, 1.82) is 0 Å². The highest BCUT2D eigenvalue weighted by atomic mass is 35.5. The molecule has 0 aliphatic heterocycles. The first-order valence-electron chi connectivity index (χ1n) is 7.57. The zero-order chi connectivity index (χ0) is 20.4. The third-order valence-electron chi connectivity index (χ3n) is 3.49. The Balaban J connectivity index is 1.69. The molecule has 0 radical (unpaired) electrons. The molecule has 10 heteroatoms. The van der Waals surface area contributed by atoms with Gasteiger partial charge in [0.05, 0.1) is 10.0 Å². The van der Waals surface area contributed by atoms with Gasteiger partial charge in [0.2, 0.25) is 11.6 Å². The van der Waals surface area contributed by atoms with Crippen LogP contribution in [0.25, 0.3) is 0 Å². The summed E-state index contributed by atoms with van der Waals surface area (Å²) in [6.07, 6.45) is 0. The van der Waals surface area contributed by atoms with Gasteiger partial charge < -0.3 is 14.5 Å². The van der Waals surface area contributed by atoms with E-state index in [1.165, 1.54) is 30.3 Å². The molecule has 0 fully saturated rings. The van der Waals surface area contributed by atoms with Crippen LogP contribution in [-0.2, 0) is 6.61 Å². The Morgan fingerprint density at radius 3 is 2.29 bits per heavy atom. The molecule has 0 aliphatic rings. The van der Waals surface area contributed by atoms with E-state index in [9.17, 15) is 22.4 Å². The monoisotopic (exact) mass is 433 g/mol. The van der Waals surface area contributed by atoms with Gasteiger partial charge in [-0.2, -0.15) is 8.78 Å². The fourth-order valence-corrected chi connectivity index (χ4v) is 2.46. The molecule has 0 atom stereocenters. The summed E-state index contributed by atoms with van der Waals surface area (Å²) in [6.45, 7) is -0.573. The molecular formula is C18H9Cl2F4NO3. The second-order valence-corrected chi connectivity index (χ2v) is 6.25. The fourth-order valence-electron chi connectivity index (χ4n) is 2.17. The number of halogens is 6. The molecule has 0 aliphatic carbocycles. The van der Waals surface area contributed by atoms with Gasteiger partial charge in [0, 0.05) is 11.8 Å². The second-order valence-electron chi connectivity index (χ2n) is 5.43. The molecule has 1 aromatic heterocycles. The molecule has 0 unspecified atom stereocenters. The van der Waals surface area contributed by atoms with E-state index in [1.807, 2.05) is 0 Å². The summed E-state index contributed by atoms with van der Waals surface area (Å²) >= 11 is 11.6. The van der Waals surface area contributed by atoms with E-state index in [-0.39, 0.29) is 22.6 Å². The molecule has 1 N–H and O–H groups in total. The first kappa shape index (κ1) is 20.0. The Morgan fingerprint density at radius 2 is 1.64 bits per heavy atom. The lowest BCUT2D eigenvalue weighted by molar-refractivity contribution is 0.0992. The lowest BCUT2D eigenvalue weighted by Gasteiger charge is -2.08. The number of nitrogens with one attached hydrogen (secondary N) is 1. The van der Waals surface area contributed by atoms with Crippen molar-refractivity contribution >= 4 is 34.8 Å². The van der Waals surface area contributed by atoms with Crippen LogP contribution in [0.15, 0.2) is 40.8 Å². The molecular weight excluding hydrogens is 425 g/mol. The van der Waals surface area contributed by atoms with Crippen LogP contribution in [0.1, 0.15) is 16.3 Å². The van der Waals surface area contributed by atoms with Crippen molar-refractivity contribution in [3.05, 3.63) is 81.2 Å². The summed E-state index contributed by atoms with van der Waals surface area (Å²) in [5.74, 6) is -8.58. The van der Waals surface area contributed by atoms with E-state index in [1.54, 1.807) is 0 Å². The number of furan rings is 1. The minimum absolute atomic E-state index is 0.0113. The first-order valence-corrected chi connectivity index (χ1v) is 8.32. The lowest BCUT2D eigenvalue weighted by atomic mass is 10.3. The zero-order valence-electron chi connectivity index (χ0n) is 13.7. The molecule has 28 heavy (non-hydrogen) atoms. The predicted molar refractivity (Wildman–Crippen MR) is 93.7 cm³/mol. The minimum Gasteiger partial charge on any atom is -0.479 e. The SMILES string of the molecule is O=C(Nc1ccc(Cl)c(Cl)c1)c1ccc(COc2c(F)c(F)cc(F)c2F)o1. The van der Waals surface area contributed by atoms with Crippen molar-refractivity contribution in [3.63, 3.8) is 0 Å². The Kier molecular flexibility index (Phi) is 5.81. The first-order chi connectivity index (χ1) is 13.3. The van der Waals surface area contributed by atoms with Crippen molar-refractivity contribution in [3.8, 4) is 5.75 Å². The van der Waals surface area contributed by atoms with E-state index in [2.05, 4.69) is 5.32 Å². The van der Waals surface area contributed by atoms with Gasteiger partial charge in [0.1, 0.15) is 12.4 Å². The molecule has 0 bridgehead atoms. The van der Waals surface area contributed by atoms with Gasteiger partial charge in [-0.1, -0.05) is 23.2 Å². The van der Waals surface area contributed by atoms with Crippen LogP contribution < -0.4 is 10.1 Å². The van der Waals surface area contributed by atoms with Gasteiger partial charge in [-0.25, -0.2) is 8.78 Å². The third-order valence-corrected chi connectivity index (χ3v) is 4.23. The molecule has 2 aromatic carbocycles. The van der Waals surface area contributed by atoms with E-state index >= 15 is 0 Å². The molecule has 0 saturated carbocycles. The topological polar surface area (TPSA) is 51.5 Å². The maximum atomic E-state index is 13.6. The normalized spacial score (nSPS) is 10.8. The molecule has 4 nitrogen and oxygen atoms in total. The third kappa shape index (κ3) is 4.23. The van der Waals surface area contributed by atoms with Crippen molar-refractivity contribution in [2.75, 3.05) is 5.32 Å². The van der Waals surface area contributed by atoms with Gasteiger partial charge in [-0.05, 0) is 30.3 Å². The highest BCUT2D eigenvalue weighted by Gasteiger charge is 2.21. The number of anilines is 1. The van der Waals surface area contributed by atoms with Gasteiger partial charge >= 0.3 is 0 Å². The number of hydrogen-bond donors (Lipinski definition) is 1. The van der Waals surface area contributed by atoms with Crippen molar-refractivity contribution in [2.45, 2.75) is 6.61 Å². The maximum Gasteiger partial charge on any atom is 0.291 e. The van der Waals surface area contributed by atoms with Crippen LogP contribution >= 0.6 is 23.2 Å². The highest BCUT2D eigenvalue weighted by molar-refractivity contribution is 6.42. The fraction of sp³-hybridized carbons (Fsp3) is 0.0556. The predicted octanol–water partition coefficient (Wildman–Crippen LogP) is 5.97. The Bertz CT molecular complexity index is 1030. The van der Waals surface area contributed by atoms with Crippen LogP contribution in [-0.4, -0.2) is 5.91 Å². The quantitative estimate of drug-likeness (QED) is 0.398. The Morgan fingerprint density at radius 1 is 0.964 bits per heavy atom. The maximum absolute atomic E-state index is 13.6. The van der Waals surface area contributed by atoms with Crippen LogP contribution in [0, 0.1) is 23.3 Å². The summed E-state index contributed by atoms with van der Waals surface area (Å²) in [5.41, 5.74) is 0.355. The van der Waals surface area contributed by atoms with Crippen LogP contribution in [0.3, 0.4) is 0 Å². The van der Waals surface area contributed by atoms with E-state index < -0.39 is 41.5 Å². The largest absolute Gasteiger partial charge is 0.479 e. The number of rotatable bonds is 5. The summed E-state index contributed by atoms with van der Waals surface area (Å²) in [5, 5.41) is 3.06. The summed E-state index contributed by atoms with van der Waals surface area (Å²) in [7, 11) is 0. The van der Waals surface area contributed by atoms with E-state index in [0.717, 1.165) is 0 Å². The van der Waals surface area contributed by atoms with Crippen molar-refractivity contribution in [1.82, 2.24) is 0 Å². The average molecular weight is 434 g/mol. The molecule has 0 spiro atoms. The summed E-state index contributed by atoms with van der Waals surface area (Å²) in [4.78, 5) is 12.2. The van der Waals surface area contributed by atoms with Crippen LogP contribution in [0.4, 0.5) is 23.2 Å². The molecule has 0 saturated heterocycles. The summed E-state index contributed by atoms with van der Waals surface area (Å²) < 4.78 is 63.4. The number of carbonyl (C=O) groups excluding carboxylic acids is 1. The number of benzene rings is 2. The molecule has 3 rings (SSSR count). The van der Waals surface area contributed by atoms with Crippen LogP contribution in [0.5, 0.6) is 5.75 Å². The highest BCUT2D eigenvalue weighted by Crippen LogP contribution is 2.28. The van der Waals surface area contributed by atoms with Crippen molar-refractivity contribution in [2.24, 2.45) is 0 Å². The molecule has 3 aromatic rings. The number of carbonyl (C=O) groups is 1. The number of hydrogen-bond acceptors (Lipinski definition) is 3. The summed E-state index contributed by atoms with van der Waals surface area (Å²) in [6, 6.07) is 7.08. The van der Waals surface area contributed by atoms with E-state index in [0.29, 0.717) is 10.7 Å². The number of amides is 1. The Hall–Kier alpha value is -2.71. The molecule has 1 amide bonds. The number of ether oxygens (including phenoxy) is 1. The second kappa shape index (κ2) is 8.12. The minimum atomic E-state index is -1.68. The van der Waals surface area contributed by atoms with Gasteiger partial charge in [-0.15, -0.1) is 0 Å². The standard InChI is InChI=1S/C18H9Cl2F4NO3/c19-10-3-1-8(5-11(10)20)25-18(26)14-4-2-9(28-14)7-27-17-15(23)12(21)6-13(22)16(17)24/h1-6H,7H2,(H,25,26). The lowest BCUT2D eigenvalue weighted by Crippen LogP contribution is -2.10. The van der Waals surface area contributed by atoms with Crippen molar-refractivity contribution < 1.29 is 31.5 Å². The Labute approximate surface area is 165 Å². The average Bonchev–Trinajstić information content (AvgIpc) is 3.12. The van der Waals surface area contributed by atoms with E-state index in [4.69, 9.17) is 32.4 Å². The molecule has 1 heterocycles. The van der Waals surface area contributed by atoms with Gasteiger partial charge in [-0.3, -0.25) is 4.79 Å². The zero-order valence-corrected chi connectivity index (χ0v) is 15.2.